The van der Waals surface area contributed by atoms with Crippen LogP contribution < -0.4 is 0 Å². The number of pyridine rings is 1. The standard InChI is InChI=1S/C9H4BrCl2NO2S/c10-8-4-13-9(11)7-3-5(16(12,14)15)1-2-6(7)8/h1-4H. The van der Waals surface area contributed by atoms with E-state index in [9.17, 15) is 8.42 Å². The minimum Gasteiger partial charge on any atom is -0.243 e. The van der Waals surface area contributed by atoms with Crippen molar-refractivity contribution in [3.63, 3.8) is 0 Å². The summed E-state index contributed by atoms with van der Waals surface area (Å²) in [5, 5.41) is 1.56. The quantitative estimate of drug-likeness (QED) is 0.588. The summed E-state index contributed by atoms with van der Waals surface area (Å²) in [5.74, 6) is 0. The Labute approximate surface area is 110 Å². The van der Waals surface area contributed by atoms with Crippen LogP contribution in [0.2, 0.25) is 5.15 Å². The molecule has 0 bridgehead atoms. The van der Waals surface area contributed by atoms with Gasteiger partial charge < -0.3 is 0 Å². The predicted molar refractivity (Wildman–Crippen MR) is 67.5 cm³/mol. The Kier molecular flexibility index (Phi) is 3.13. The molecule has 0 atom stereocenters. The molecule has 7 heteroatoms. The summed E-state index contributed by atoms with van der Waals surface area (Å²) in [4.78, 5) is 3.91. The molecular formula is C9H4BrCl2NO2S. The molecule has 1 heterocycles. The second-order valence-corrected chi connectivity index (χ2v) is 6.82. The summed E-state index contributed by atoms with van der Waals surface area (Å²) in [6, 6.07) is 4.45. The third-order valence-corrected chi connectivity index (χ3v) is 4.33. The van der Waals surface area contributed by atoms with E-state index in [-0.39, 0.29) is 10.0 Å². The second kappa shape index (κ2) is 4.14. The summed E-state index contributed by atoms with van der Waals surface area (Å²) in [6.07, 6.45) is 1.56. The first-order valence-corrected chi connectivity index (χ1v) is 7.56. The molecule has 0 N–H and O–H groups in total. The first kappa shape index (κ1) is 12.1. The van der Waals surface area contributed by atoms with Crippen molar-refractivity contribution in [2.75, 3.05) is 0 Å². The molecule has 0 amide bonds. The Morgan fingerprint density at radius 3 is 2.56 bits per heavy atom. The zero-order valence-electron chi connectivity index (χ0n) is 7.62. The fraction of sp³-hybridized carbons (Fsp3) is 0. The molecular weight excluding hydrogens is 337 g/mol. The van der Waals surface area contributed by atoms with E-state index in [1.807, 2.05) is 0 Å². The number of aromatic nitrogens is 1. The number of nitrogens with zero attached hydrogens (tertiary/aromatic N) is 1. The molecule has 16 heavy (non-hydrogen) atoms. The van der Waals surface area contributed by atoms with Crippen molar-refractivity contribution in [1.29, 1.82) is 0 Å². The van der Waals surface area contributed by atoms with E-state index in [0.717, 1.165) is 9.86 Å². The maximum Gasteiger partial charge on any atom is 0.261 e. The van der Waals surface area contributed by atoms with Crippen molar-refractivity contribution in [3.05, 3.63) is 34.0 Å². The van der Waals surface area contributed by atoms with Crippen LogP contribution in [0.1, 0.15) is 0 Å². The molecule has 0 unspecified atom stereocenters. The highest BCUT2D eigenvalue weighted by atomic mass is 79.9. The van der Waals surface area contributed by atoms with E-state index in [1.165, 1.54) is 12.1 Å². The first-order chi connectivity index (χ1) is 7.39. The lowest BCUT2D eigenvalue weighted by atomic mass is 10.2. The summed E-state index contributed by atoms with van der Waals surface area (Å²) in [7, 11) is 1.49. The first-order valence-electron chi connectivity index (χ1n) is 4.08. The number of benzene rings is 1. The number of rotatable bonds is 1. The van der Waals surface area contributed by atoms with Crippen LogP contribution in [0.25, 0.3) is 10.8 Å². The molecule has 2 aromatic rings. The lowest BCUT2D eigenvalue weighted by molar-refractivity contribution is 0.609. The Morgan fingerprint density at radius 2 is 1.94 bits per heavy atom. The highest BCUT2D eigenvalue weighted by Gasteiger charge is 2.12. The normalized spacial score (nSPS) is 11.9. The van der Waals surface area contributed by atoms with Gasteiger partial charge in [-0.25, -0.2) is 13.4 Å². The molecule has 0 aliphatic heterocycles. The van der Waals surface area contributed by atoms with Gasteiger partial charge >= 0.3 is 0 Å². The topological polar surface area (TPSA) is 47.0 Å². The molecule has 0 saturated carbocycles. The molecule has 1 aromatic carbocycles. The van der Waals surface area contributed by atoms with Crippen LogP contribution in [0, 0.1) is 0 Å². The van der Waals surface area contributed by atoms with Crippen molar-refractivity contribution in [1.82, 2.24) is 4.98 Å². The van der Waals surface area contributed by atoms with Crippen molar-refractivity contribution < 1.29 is 8.42 Å². The van der Waals surface area contributed by atoms with Gasteiger partial charge in [-0.3, -0.25) is 0 Å². The van der Waals surface area contributed by atoms with Gasteiger partial charge in [0.2, 0.25) is 0 Å². The lowest BCUT2D eigenvalue weighted by Crippen LogP contribution is -1.91. The second-order valence-electron chi connectivity index (χ2n) is 3.04. The van der Waals surface area contributed by atoms with Gasteiger partial charge in [0.05, 0.1) is 4.90 Å². The molecule has 0 aliphatic carbocycles. The maximum atomic E-state index is 11.2. The Hall–Kier alpha value is -0.360. The SMILES string of the molecule is O=S(=O)(Cl)c1ccc2c(Br)cnc(Cl)c2c1. The van der Waals surface area contributed by atoms with Crippen LogP contribution in [-0.2, 0) is 9.05 Å². The van der Waals surface area contributed by atoms with Crippen LogP contribution >= 0.6 is 38.2 Å². The van der Waals surface area contributed by atoms with E-state index in [0.29, 0.717) is 5.39 Å². The fourth-order valence-corrected chi connectivity index (χ4v) is 2.74. The van der Waals surface area contributed by atoms with Gasteiger partial charge in [0.15, 0.2) is 0 Å². The fourth-order valence-electron chi connectivity index (χ4n) is 1.31. The summed E-state index contributed by atoms with van der Waals surface area (Å²) in [6.45, 7) is 0. The minimum absolute atomic E-state index is 0.00321. The Morgan fingerprint density at radius 1 is 1.25 bits per heavy atom. The zero-order valence-corrected chi connectivity index (χ0v) is 11.5. The molecule has 0 fully saturated rings. The molecule has 2 rings (SSSR count). The average Bonchev–Trinajstić information content (AvgIpc) is 2.22. The maximum absolute atomic E-state index is 11.2. The van der Waals surface area contributed by atoms with E-state index >= 15 is 0 Å². The van der Waals surface area contributed by atoms with Crippen molar-refractivity contribution in [2.45, 2.75) is 4.90 Å². The zero-order chi connectivity index (χ0) is 11.9. The smallest absolute Gasteiger partial charge is 0.243 e. The van der Waals surface area contributed by atoms with Gasteiger partial charge in [0, 0.05) is 32.1 Å². The van der Waals surface area contributed by atoms with Crippen LogP contribution in [0.5, 0.6) is 0 Å². The van der Waals surface area contributed by atoms with Crippen LogP contribution in [0.15, 0.2) is 33.8 Å². The van der Waals surface area contributed by atoms with Crippen LogP contribution in [0.3, 0.4) is 0 Å². The monoisotopic (exact) mass is 339 g/mol. The summed E-state index contributed by atoms with van der Waals surface area (Å²) in [5.41, 5.74) is 0. The van der Waals surface area contributed by atoms with Gasteiger partial charge in [-0.05, 0) is 28.1 Å². The van der Waals surface area contributed by atoms with Crippen LogP contribution in [-0.4, -0.2) is 13.4 Å². The average molecular weight is 341 g/mol. The number of hydrogen-bond donors (Lipinski definition) is 0. The van der Waals surface area contributed by atoms with Crippen molar-refractivity contribution >= 4 is 58.0 Å². The summed E-state index contributed by atoms with van der Waals surface area (Å²) >= 11 is 9.18. The van der Waals surface area contributed by atoms with E-state index < -0.39 is 9.05 Å². The molecule has 0 aliphatic rings. The van der Waals surface area contributed by atoms with E-state index in [4.69, 9.17) is 22.3 Å². The molecule has 84 valence electrons. The van der Waals surface area contributed by atoms with Crippen LogP contribution in [0.4, 0.5) is 0 Å². The third-order valence-electron chi connectivity index (χ3n) is 2.04. The molecule has 1 aromatic heterocycles. The highest BCUT2D eigenvalue weighted by Crippen LogP contribution is 2.30. The number of hydrogen-bond acceptors (Lipinski definition) is 3. The molecule has 0 radical (unpaired) electrons. The Balaban J connectivity index is 2.86. The molecule has 0 spiro atoms. The number of fused-ring (bicyclic) bond motifs is 1. The predicted octanol–water partition coefficient (Wildman–Crippen LogP) is 3.58. The largest absolute Gasteiger partial charge is 0.261 e. The van der Waals surface area contributed by atoms with E-state index in [1.54, 1.807) is 12.3 Å². The van der Waals surface area contributed by atoms with Gasteiger partial charge in [0.1, 0.15) is 5.15 Å². The van der Waals surface area contributed by atoms with E-state index in [2.05, 4.69) is 20.9 Å². The van der Waals surface area contributed by atoms with Gasteiger partial charge in [0.25, 0.3) is 9.05 Å². The van der Waals surface area contributed by atoms with Gasteiger partial charge in [-0.15, -0.1) is 0 Å². The van der Waals surface area contributed by atoms with Crippen molar-refractivity contribution in [2.24, 2.45) is 0 Å². The molecule has 0 saturated heterocycles. The summed E-state index contributed by atoms with van der Waals surface area (Å²) < 4.78 is 23.1. The molecule has 3 nitrogen and oxygen atoms in total. The number of halogens is 3. The van der Waals surface area contributed by atoms with Crippen molar-refractivity contribution in [3.8, 4) is 0 Å². The Bertz CT molecular complexity index is 673. The van der Waals surface area contributed by atoms with Gasteiger partial charge in [-0.2, -0.15) is 0 Å². The van der Waals surface area contributed by atoms with Gasteiger partial charge in [-0.1, -0.05) is 17.7 Å². The lowest BCUT2D eigenvalue weighted by Gasteiger charge is -2.03. The minimum atomic E-state index is -3.75. The highest BCUT2D eigenvalue weighted by molar-refractivity contribution is 9.10. The third kappa shape index (κ3) is 2.18.